The van der Waals surface area contributed by atoms with Crippen molar-refractivity contribution in [1.82, 2.24) is 4.90 Å². The Labute approximate surface area is 144 Å². The van der Waals surface area contributed by atoms with Gasteiger partial charge in [-0.25, -0.2) is 0 Å². The molecule has 3 amide bonds. The molecule has 0 spiro atoms. The number of likely N-dealkylation sites (tertiary alicyclic amines) is 1. The largest absolute Gasteiger partial charge is 0.294 e. The number of hydrogen-bond acceptors (Lipinski definition) is 3. The van der Waals surface area contributed by atoms with Gasteiger partial charge in [-0.1, -0.05) is 29.8 Å². The fourth-order valence-corrected chi connectivity index (χ4v) is 4.44. The monoisotopic (exact) mass is 344 g/mol. The molecule has 4 atom stereocenters. The first-order valence-corrected chi connectivity index (χ1v) is 8.42. The minimum absolute atomic E-state index is 0.0558. The third-order valence-corrected chi connectivity index (χ3v) is 5.58. The maximum absolute atomic E-state index is 12.8. The summed E-state index contributed by atoms with van der Waals surface area (Å²) in [4.78, 5) is 40.2. The number of amides is 3. The van der Waals surface area contributed by atoms with Gasteiger partial charge in [-0.2, -0.15) is 0 Å². The fourth-order valence-electron chi connectivity index (χ4n) is 4.25. The van der Waals surface area contributed by atoms with E-state index >= 15 is 0 Å². The Kier molecular flexibility index (Phi) is 3.49. The number of benzene rings is 1. The van der Waals surface area contributed by atoms with Gasteiger partial charge in [-0.15, -0.1) is 0 Å². The Morgan fingerprint density at radius 2 is 1.83 bits per heavy atom. The number of carbonyl (C=O) groups excluding carboxylic acids is 3. The van der Waals surface area contributed by atoms with Gasteiger partial charge in [-0.05, 0) is 36.5 Å². The highest BCUT2D eigenvalue weighted by Crippen LogP contribution is 2.52. The van der Waals surface area contributed by atoms with Crippen molar-refractivity contribution in [3.63, 3.8) is 0 Å². The summed E-state index contributed by atoms with van der Waals surface area (Å²) in [7, 11) is 0. The molecule has 2 fully saturated rings. The highest BCUT2D eigenvalue weighted by atomic mass is 35.5. The van der Waals surface area contributed by atoms with Crippen LogP contribution < -0.4 is 4.90 Å². The molecule has 1 saturated carbocycles. The number of anilines is 1. The van der Waals surface area contributed by atoms with Crippen LogP contribution in [0.2, 0.25) is 5.02 Å². The van der Waals surface area contributed by atoms with E-state index < -0.39 is 0 Å². The van der Waals surface area contributed by atoms with E-state index in [-0.39, 0.29) is 48.1 Å². The van der Waals surface area contributed by atoms with E-state index in [4.69, 9.17) is 11.6 Å². The second-order valence-corrected chi connectivity index (χ2v) is 7.11. The number of nitrogens with zero attached hydrogens (tertiary/aromatic N) is 2. The first-order chi connectivity index (χ1) is 11.5. The molecule has 4 rings (SSSR count). The molecule has 2 bridgehead atoms. The van der Waals surface area contributed by atoms with Gasteiger partial charge in [0.25, 0.3) is 0 Å². The van der Waals surface area contributed by atoms with Crippen molar-refractivity contribution in [2.45, 2.75) is 13.3 Å². The molecule has 5 nitrogen and oxygen atoms in total. The number of carbonyl (C=O) groups is 3. The summed E-state index contributed by atoms with van der Waals surface area (Å²) in [5.41, 5.74) is 0.578. The smallest absolute Gasteiger partial charge is 0.235 e. The molecule has 1 saturated heterocycles. The van der Waals surface area contributed by atoms with Crippen LogP contribution in [-0.2, 0) is 14.4 Å². The van der Waals surface area contributed by atoms with Crippen molar-refractivity contribution in [1.29, 1.82) is 0 Å². The fraction of sp³-hybridized carbons (Fsp3) is 0.389. The molecule has 24 heavy (non-hydrogen) atoms. The topological polar surface area (TPSA) is 57.7 Å². The number of hydrogen-bond donors (Lipinski definition) is 0. The van der Waals surface area contributed by atoms with Gasteiger partial charge < -0.3 is 0 Å². The van der Waals surface area contributed by atoms with Crippen LogP contribution in [-0.4, -0.2) is 29.3 Å². The van der Waals surface area contributed by atoms with E-state index in [1.54, 1.807) is 24.3 Å². The van der Waals surface area contributed by atoms with Gasteiger partial charge in [0.2, 0.25) is 17.7 Å². The van der Waals surface area contributed by atoms with Gasteiger partial charge in [0.15, 0.2) is 0 Å². The molecule has 2 aliphatic carbocycles. The van der Waals surface area contributed by atoms with E-state index in [0.717, 1.165) is 6.42 Å². The zero-order valence-corrected chi connectivity index (χ0v) is 13.9. The number of imide groups is 1. The minimum Gasteiger partial charge on any atom is -0.294 e. The van der Waals surface area contributed by atoms with Crippen LogP contribution in [0.15, 0.2) is 36.4 Å². The molecule has 124 valence electrons. The van der Waals surface area contributed by atoms with Gasteiger partial charge in [0.05, 0.1) is 11.8 Å². The predicted octanol–water partition coefficient (Wildman–Crippen LogP) is 2.46. The number of allylic oxidation sites excluding steroid dienone is 2. The number of rotatable bonds is 3. The van der Waals surface area contributed by atoms with E-state index in [2.05, 4.69) is 12.2 Å². The highest BCUT2D eigenvalue weighted by molar-refractivity contribution is 6.30. The van der Waals surface area contributed by atoms with Crippen LogP contribution >= 0.6 is 11.6 Å². The SMILES string of the molecule is CC(=O)N(CN1C(=O)[C@@H]2[C@H](C1=O)[C@@H]1C=C[C@@H]2C1)c1cccc(Cl)c1. The van der Waals surface area contributed by atoms with Crippen LogP contribution in [0.1, 0.15) is 13.3 Å². The van der Waals surface area contributed by atoms with Crippen molar-refractivity contribution in [2.24, 2.45) is 23.7 Å². The van der Waals surface area contributed by atoms with E-state index in [1.807, 2.05) is 0 Å². The van der Waals surface area contributed by atoms with Crippen molar-refractivity contribution in [3.8, 4) is 0 Å². The zero-order chi connectivity index (χ0) is 17.0. The minimum atomic E-state index is -0.249. The second-order valence-electron chi connectivity index (χ2n) is 6.67. The van der Waals surface area contributed by atoms with E-state index in [1.165, 1.54) is 16.7 Å². The summed E-state index contributed by atoms with van der Waals surface area (Å²) in [6.45, 7) is 1.36. The standard InChI is InChI=1S/C18H17ClN2O3/c1-10(22)20(14-4-2-3-13(19)8-14)9-21-17(23)15-11-5-6-12(7-11)16(15)18(21)24/h2-6,8,11-12,15-16H,7,9H2,1H3/t11-,12-,15-,16+/m1/s1. The Hall–Kier alpha value is -2.14. The Balaban J connectivity index is 1.61. The number of fused-ring (bicyclic) bond motifs is 5. The summed E-state index contributed by atoms with van der Waals surface area (Å²) >= 11 is 6.00. The van der Waals surface area contributed by atoms with Gasteiger partial charge in [0, 0.05) is 17.6 Å². The van der Waals surface area contributed by atoms with E-state index in [9.17, 15) is 14.4 Å². The molecule has 6 heteroatoms. The van der Waals surface area contributed by atoms with Crippen LogP contribution in [0, 0.1) is 23.7 Å². The quantitative estimate of drug-likeness (QED) is 0.625. The van der Waals surface area contributed by atoms with Crippen molar-refractivity contribution < 1.29 is 14.4 Å². The maximum Gasteiger partial charge on any atom is 0.235 e. The maximum atomic E-state index is 12.8. The summed E-state index contributed by atoms with van der Waals surface area (Å²) in [5.74, 6) is -0.723. The molecular formula is C18H17ClN2O3. The van der Waals surface area contributed by atoms with Crippen LogP contribution in [0.3, 0.4) is 0 Å². The normalized spacial score (nSPS) is 30.2. The summed E-state index contributed by atoms with van der Waals surface area (Å²) in [6.07, 6.45) is 5.01. The Morgan fingerprint density at radius 3 is 2.38 bits per heavy atom. The zero-order valence-electron chi connectivity index (χ0n) is 13.2. The molecule has 0 N–H and O–H groups in total. The van der Waals surface area contributed by atoms with Crippen LogP contribution in [0.4, 0.5) is 5.69 Å². The molecule has 1 aromatic rings. The molecule has 0 aromatic heterocycles. The molecule has 1 heterocycles. The Morgan fingerprint density at radius 1 is 1.21 bits per heavy atom. The summed E-state index contributed by atoms with van der Waals surface area (Å²) < 4.78 is 0. The molecule has 1 aromatic carbocycles. The average Bonchev–Trinajstić information content (AvgIpc) is 3.20. The summed E-state index contributed by atoms with van der Waals surface area (Å²) in [5, 5.41) is 0.497. The molecular weight excluding hydrogens is 328 g/mol. The number of halogens is 1. The third kappa shape index (κ3) is 2.18. The lowest BCUT2D eigenvalue weighted by molar-refractivity contribution is -0.140. The average molecular weight is 345 g/mol. The second kappa shape index (κ2) is 5.45. The van der Waals surface area contributed by atoms with Crippen molar-refractivity contribution >= 4 is 35.0 Å². The predicted molar refractivity (Wildman–Crippen MR) is 89.0 cm³/mol. The molecule has 1 aliphatic heterocycles. The van der Waals surface area contributed by atoms with Crippen molar-refractivity contribution in [2.75, 3.05) is 11.6 Å². The molecule has 0 unspecified atom stereocenters. The van der Waals surface area contributed by atoms with E-state index in [0.29, 0.717) is 10.7 Å². The van der Waals surface area contributed by atoms with Gasteiger partial charge >= 0.3 is 0 Å². The summed E-state index contributed by atoms with van der Waals surface area (Å²) in [6, 6.07) is 6.84. The van der Waals surface area contributed by atoms with Gasteiger partial charge in [-0.3, -0.25) is 24.2 Å². The van der Waals surface area contributed by atoms with Crippen LogP contribution in [0.25, 0.3) is 0 Å². The lowest BCUT2D eigenvalue weighted by Crippen LogP contribution is -2.44. The van der Waals surface area contributed by atoms with Crippen molar-refractivity contribution in [3.05, 3.63) is 41.4 Å². The lowest BCUT2D eigenvalue weighted by atomic mass is 9.85. The Bertz CT molecular complexity index is 745. The van der Waals surface area contributed by atoms with Crippen LogP contribution in [0.5, 0.6) is 0 Å². The first-order valence-electron chi connectivity index (χ1n) is 8.04. The molecule has 0 radical (unpaired) electrons. The first kappa shape index (κ1) is 15.4. The van der Waals surface area contributed by atoms with Gasteiger partial charge in [0.1, 0.15) is 6.67 Å². The lowest BCUT2D eigenvalue weighted by Gasteiger charge is -2.27. The molecule has 3 aliphatic rings. The third-order valence-electron chi connectivity index (χ3n) is 5.34. The highest BCUT2D eigenvalue weighted by Gasteiger charge is 2.59.